The van der Waals surface area contributed by atoms with E-state index in [-0.39, 0.29) is 0 Å². The highest BCUT2D eigenvalue weighted by Gasteiger charge is 2.12. The van der Waals surface area contributed by atoms with Crippen molar-refractivity contribution in [3.63, 3.8) is 0 Å². The Hall–Kier alpha value is -0.670. The molecule has 0 radical (unpaired) electrons. The van der Waals surface area contributed by atoms with Crippen molar-refractivity contribution < 1.29 is 4.74 Å². The van der Waals surface area contributed by atoms with Crippen LogP contribution >= 0.6 is 12.6 Å². The quantitative estimate of drug-likeness (QED) is 0.729. The lowest BCUT2D eigenvalue weighted by molar-refractivity contribution is 0.400. The maximum absolute atomic E-state index is 5.31. The Kier molecular flexibility index (Phi) is 4.84. The second kappa shape index (κ2) is 5.94. The van der Waals surface area contributed by atoms with Gasteiger partial charge in [-0.1, -0.05) is 18.2 Å². The summed E-state index contributed by atoms with van der Waals surface area (Å²) in [6, 6.07) is 8.40. The van der Waals surface area contributed by atoms with Gasteiger partial charge in [0.1, 0.15) is 5.75 Å². The van der Waals surface area contributed by atoms with Gasteiger partial charge < -0.3 is 10.1 Å². The lowest BCUT2D eigenvalue weighted by Gasteiger charge is -2.18. The van der Waals surface area contributed by atoms with Gasteiger partial charge in [0.15, 0.2) is 0 Å². The molecule has 0 fully saturated rings. The minimum atomic E-state index is 0.323. The van der Waals surface area contributed by atoms with Crippen molar-refractivity contribution in [2.45, 2.75) is 12.5 Å². The second-order valence-corrected chi connectivity index (χ2v) is 3.54. The van der Waals surface area contributed by atoms with E-state index < -0.39 is 0 Å². The Balaban J connectivity index is 2.90. The van der Waals surface area contributed by atoms with Crippen LogP contribution in [0, 0.1) is 0 Å². The summed E-state index contributed by atoms with van der Waals surface area (Å²) in [5.41, 5.74) is 1.20. The molecule has 78 valence electrons. The minimum absolute atomic E-state index is 0.323. The number of hydrogen-bond donors (Lipinski definition) is 2. The molecule has 0 amide bonds. The molecular formula is C11H17NOS. The first-order valence-corrected chi connectivity index (χ1v) is 5.37. The van der Waals surface area contributed by atoms with Gasteiger partial charge in [0.2, 0.25) is 0 Å². The summed E-state index contributed by atoms with van der Waals surface area (Å²) in [6.07, 6.45) is 1.000. The van der Waals surface area contributed by atoms with Gasteiger partial charge in [-0.15, -0.1) is 0 Å². The lowest BCUT2D eigenvalue weighted by Crippen LogP contribution is -2.17. The fourth-order valence-corrected chi connectivity index (χ4v) is 1.80. The van der Waals surface area contributed by atoms with Crippen molar-refractivity contribution in [2.24, 2.45) is 0 Å². The van der Waals surface area contributed by atoms with Gasteiger partial charge in [0.25, 0.3) is 0 Å². The van der Waals surface area contributed by atoms with Crippen LogP contribution in [0.3, 0.4) is 0 Å². The van der Waals surface area contributed by atoms with Gasteiger partial charge in [-0.05, 0) is 25.3 Å². The zero-order valence-corrected chi connectivity index (χ0v) is 9.55. The third kappa shape index (κ3) is 2.66. The number of benzene rings is 1. The Morgan fingerprint density at radius 2 is 2.14 bits per heavy atom. The fourth-order valence-electron chi connectivity index (χ4n) is 1.54. The molecule has 0 heterocycles. The first-order valence-electron chi connectivity index (χ1n) is 4.74. The summed E-state index contributed by atoms with van der Waals surface area (Å²) in [6.45, 7) is 0. The molecular weight excluding hydrogens is 194 g/mol. The predicted octanol–water partition coefficient (Wildman–Crippen LogP) is 2.28. The zero-order valence-electron chi connectivity index (χ0n) is 8.66. The number of methoxy groups -OCH3 is 1. The minimum Gasteiger partial charge on any atom is -0.496 e. The lowest BCUT2D eigenvalue weighted by atomic mass is 10.0. The number of thiol groups is 1. The second-order valence-electron chi connectivity index (χ2n) is 3.10. The predicted molar refractivity (Wildman–Crippen MR) is 63.3 cm³/mol. The fraction of sp³-hybridized carbons (Fsp3) is 0.455. The molecule has 14 heavy (non-hydrogen) atoms. The van der Waals surface area contributed by atoms with Crippen LogP contribution in [-0.4, -0.2) is 19.9 Å². The summed E-state index contributed by atoms with van der Waals surface area (Å²) < 4.78 is 5.31. The molecule has 1 N–H and O–H groups in total. The van der Waals surface area contributed by atoms with Crippen molar-refractivity contribution >= 4 is 12.6 Å². The van der Waals surface area contributed by atoms with Crippen molar-refractivity contribution in [3.8, 4) is 5.75 Å². The van der Waals surface area contributed by atoms with Crippen LogP contribution in [0.5, 0.6) is 5.75 Å². The first-order chi connectivity index (χ1) is 6.83. The third-order valence-corrected chi connectivity index (χ3v) is 2.54. The zero-order chi connectivity index (χ0) is 10.4. The van der Waals surface area contributed by atoms with E-state index in [9.17, 15) is 0 Å². The molecule has 0 spiro atoms. The maximum atomic E-state index is 5.31. The van der Waals surface area contributed by atoms with Gasteiger partial charge in [-0.3, -0.25) is 0 Å². The monoisotopic (exact) mass is 211 g/mol. The molecule has 0 saturated carbocycles. The molecule has 1 aromatic rings. The summed E-state index contributed by atoms with van der Waals surface area (Å²) in [7, 11) is 3.66. The van der Waals surface area contributed by atoms with E-state index >= 15 is 0 Å². The van der Waals surface area contributed by atoms with E-state index in [1.165, 1.54) is 5.56 Å². The SMILES string of the molecule is CNC(CCS)c1ccccc1OC. The molecule has 1 aromatic carbocycles. The van der Waals surface area contributed by atoms with E-state index in [0.29, 0.717) is 6.04 Å². The van der Waals surface area contributed by atoms with Gasteiger partial charge in [-0.2, -0.15) is 12.6 Å². The highest BCUT2D eigenvalue weighted by atomic mass is 32.1. The number of hydrogen-bond acceptors (Lipinski definition) is 3. The summed E-state index contributed by atoms with van der Waals surface area (Å²) in [4.78, 5) is 0. The smallest absolute Gasteiger partial charge is 0.123 e. The highest BCUT2D eigenvalue weighted by molar-refractivity contribution is 7.80. The summed E-state index contributed by atoms with van der Waals surface area (Å²) in [5, 5.41) is 3.27. The van der Waals surface area contributed by atoms with E-state index in [0.717, 1.165) is 17.9 Å². The van der Waals surface area contributed by atoms with Crippen molar-refractivity contribution in [3.05, 3.63) is 29.8 Å². The van der Waals surface area contributed by atoms with Gasteiger partial charge in [-0.25, -0.2) is 0 Å². The summed E-state index contributed by atoms with van der Waals surface area (Å²) in [5.74, 6) is 1.80. The van der Waals surface area contributed by atoms with E-state index in [2.05, 4.69) is 24.0 Å². The summed E-state index contributed by atoms with van der Waals surface area (Å²) >= 11 is 4.25. The molecule has 1 unspecified atom stereocenters. The van der Waals surface area contributed by atoms with Crippen molar-refractivity contribution in [1.29, 1.82) is 0 Å². The molecule has 0 saturated heterocycles. The van der Waals surface area contributed by atoms with E-state index in [4.69, 9.17) is 4.74 Å². The van der Waals surface area contributed by atoms with E-state index in [1.807, 2.05) is 25.2 Å². The normalized spacial score (nSPS) is 12.5. The molecule has 0 aromatic heterocycles. The third-order valence-electron chi connectivity index (χ3n) is 2.28. The number of nitrogens with one attached hydrogen (secondary N) is 1. The Bertz CT molecular complexity index is 278. The Morgan fingerprint density at radius 1 is 1.43 bits per heavy atom. The van der Waals surface area contributed by atoms with Crippen LogP contribution in [0.2, 0.25) is 0 Å². The maximum Gasteiger partial charge on any atom is 0.123 e. The van der Waals surface area contributed by atoms with Gasteiger partial charge >= 0.3 is 0 Å². The average Bonchev–Trinajstić information content (AvgIpc) is 2.26. The van der Waals surface area contributed by atoms with Crippen LogP contribution in [0.25, 0.3) is 0 Å². The largest absolute Gasteiger partial charge is 0.496 e. The van der Waals surface area contributed by atoms with Crippen LogP contribution in [-0.2, 0) is 0 Å². The Morgan fingerprint density at radius 3 is 2.71 bits per heavy atom. The molecule has 2 nitrogen and oxygen atoms in total. The van der Waals surface area contributed by atoms with Crippen molar-refractivity contribution in [2.75, 3.05) is 19.9 Å². The van der Waals surface area contributed by atoms with Crippen molar-refractivity contribution in [1.82, 2.24) is 5.32 Å². The molecule has 0 aliphatic rings. The molecule has 1 rings (SSSR count). The first kappa shape index (κ1) is 11.4. The van der Waals surface area contributed by atoms with Gasteiger partial charge in [0, 0.05) is 11.6 Å². The van der Waals surface area contributed by atoms with Crippen LogP contribution in [0.4, 0.5) is 0 Å². The molecule has 1 atom stereocenters. The number of rotatable bonds is 5. The molecule has 0 bridgehead atoms. The Labute approximate surface area is 91.1 Å². The van der Waals surface area contributed by atoms with Crippen LogP contribution in [0.15, 0.2) is 24.3 Å². The standard InChI is InChI=1S/C11H17NOS/c1-12-10(7-8-14)9-5-3-4-6-11(9)13-2/h3-6,10,12,14H,7-8H2,1-2H3. The topological polar surface area (TPSA) is 21.3 Å². The highest BCUT2D eigenvalue weighted by Crippen LogP contribution is 2.26. The number of para-hydroxylation sites is 1. The molecule has 0 aliphatic carbocycles. The number of ether oxygens (including phenoxy) is 1. The molecule has 3 heteroatoms. The average molecular weight is 211 g/mol. The molecule has 0 aliphatic heterocycles. The van der Waals surface area contributed by atoms with E-state index in [1.54, 1.807) is 7.11 Å². The van der Waals surface area contributed by atoms with Crippen LogP contribution in [0.1, 0.15) is 18.0 Å². The van der Waals surface area contributed by atoms with Gasteiger partial charge in [0.05, 0.1) is 7.11 Å². The van der Waals surface area contributed by atoms with Crippen LogP contribution < -0.4 is 10.1 Å².